The topological polar surface area (TPSA) is 11.4 Å². The van der Waals surface area contributed by atoms with Crippen molar-refractivity contribution in [2.24, 2.45) is 0 Å². The van der Waals surface area contributed by atoms with Crippen molar-refractivity contribution in [3.8, 4) is 33.4 Å². The maximum Gasteiger partial charge on any atom is 0.333 e. The third kappa shape index (κ3) is 7.25. The molecule has 0 spiro atoms. The summed E-state index contributed by atoms with van der Waals surface area (Å²) in [6.45, 7) is 37.6. The molecule has 80 heavy (non-hydrogen) atoms. The van der Waals surface area contributed by atoms with Crippen LogP contribution in [0.2, 0.25) is 0 Å². The van der Waals surface area contributed by atoms with E-state index in [1.807, 2.05) is 0 Å². The molecule has 2 aliphatic carbocycles. The van der Waals surface area contributed by atoms with Gasteiger partial charge in [0.05, 0.1) is 0 Å². The van der Waals surface area contributed by atoms with Crippen LogP contribution in [0, 0.1) is 0 Å². The Morgan fingerprint density at radius 3 is 1.46 bits per heavy atom. The minimum atomic E-state index is -0.197. The average molecular weight is 1040 g/mol. The lowest BCUT2D eigenvalue weighted by molar-refractivity contribution is 0.590. The predicted octanol–water partition coefficient (Wildman–Crippen LogP) is 19.5. The SMILES string of the molecule is CC(C)(C)c1ccc(N(c2ccc(C(C)(C)C)cc2)c2cc3c4c(c2)N(c2ccc5c(c2)-c2ccccc2C5(C)C)c2cc5c(cc2B4n2c4ccc(C(C)(C)C)cc4c4cc(C(C)(C)C)cc-3c42)C(C)(C)c2ccccc2-5)cc1. The first-order chi connectivity index (χ1) is 37.7. The van der Waals surface area contributed by atoms with Gasteiger partial charge in [0.25, 0.3) is 0 Å². The Hall–Kier alpha value is -7.56. The van der Waals surface area contributed by atoms with Crippen molar-refractivity contribution in [1.29, 1.82) is 0 Å². The molecule has 398 valence electrons. The molecule has 4 heteroatoms. The van der Waals surface area contributed by atoms with Crippen LogP contribution in [0.1, 0.15) is 155 Å². The predicted molar refractivity (Wildman–Crippen MR) is 345 cm³/mol. The van der Waals surface area contributed by atoms with E-state index in [4.69, 9.17) is 0 Å². The first-order valence-corrected chi connectivity index (χ1v) is 29.4. The number of hydrogen-bond donors (Lipinski definition) is 0. The molecule has 0 radical (unpaired) electrons. The van der Waals surface area contributed by atoms with Gasteiger partial charge in [0.15, 0.2) is 0 Å². The molecule has 2 aliphatic heterocycles. The third-order valence-electron chi connectivity index (χ3n) is 19.2. The van der Waals surface area contributed by atoms with E-state index in [1.54, 1.807) is 0 Å². The van der Waals surface area contributed by atoms with Crippen LogP contribution in [0.4, 0.5) is 34.1 Å². The Kier molecular flexibility index (Phi) is 10.5. The maximum atomic E-state index is 2.78. The molecule has 9 aromatic carbocycles. The largest absolute Gasteiger partial charge is 0.375 e. The van der Waals surface area contributed by atoms with E-state index in [1.165, 1.54) is 128 Å². The van der Waals surface area contributed by atoms with Crippen molar-refractivity contribution in [3.05, 3.63) is 214 Å². The Labute approximate surface area is 476 Å². The van der Waals surface area contributed by atoms with Crippen molar-refractivity contribution in [3.63, 3.8) is 0 Å². The highest BCUT2D eigenvalue weighted by Crippen LogP contribution is 2.56. The number of anilines is 6. The van der Waals surface area contributed by atoms with Crippen LogP contribution in [0.3, 0.4) is 0 Å². The molecule has 0 saturated heterocycles. The van der Waals surface area contributed by atoms with Crippen LogP contribution in [-0.2, 0) is 32.5 Å². The van der Waals surface area contributed by atoms with Crippen LogP contribution in [0.25, 0.3) is 55.2 Å². The second-order valence-corrected chi connectivity index (χ2v) is 29.1. The van der Waals surface area contributed by atoms with Crippen molar-refractivity contribution in [2.45, 2.75) is 143 Å². The minimum Gasteiger partial charge on any atom is -0.375 e. The minimum absolute atomic E-state index is 0.00759. The summed E-state index contributed by atoms with van der Waals surface area (Å²) >= 11 is 0. The molecule has 0 saturated carbocycles. The molecule has 0 atom stereocenters. The van der Waals surface area contributed by atoms with Crippen LogP contribution < -0.4 is 20.7 Å². The number of nitrogens with zero attached hydrogens (tertiary/aromatic N) is 3. The monoisotopic (exact) mass is 1040 g/mol. The van der Waals surface area contributed by atoms with E-state index in [0.717, 1.165) is 17.1 Å². The van der Waals surface area contributed by atoms with E-state index >= 15 is 0 Å². The first kappa shape index (κ1) is 50.6. The number of rotatable bonds is 4. The molecule has 4 aliphatic rings. The van der Waals surface area contributed by atoms with Gasteiger partial charge in [-0.15, -0.1) is 0 Å². The van der Waals surface area contributed by atoms with Crippen LogP contribution in [-0.4, -0.2) is 11.3 Å². The van der Waals surface area contributed by atoms with Crippen molar-refractivity contribution in [2.75, 3.05) is 9.80 Å². The van der Waals surface area contributed by atoms with Gasteiger partial charge in [-0.1, -0.05) is 202 Å². The van der Waals surface area contributed by atoms with E-state index < -0.39 is 0 Å². The Balaban J connectivity index is 1.15. The lowest BCUT2D eigenvalue weighted by Gasteiger charge is -2.42. The second-order valence-electron chi connectivity index (χ2n) is 29.1. The molecule has 0 fully saturated rings. The number of benzene rings is 9. The van der Waals surface area contributed by atoms with E-state index in [0.29, 0.717) is 0 Å². The van der Waals surface area contributed by atoms with Crippen LogP contribution in [0.15, 0.2) is 170 Å². The van der Waals surface area contributed by atoms with Gasteiger partial charge in [-0.3, -0.25) is 0 Å². The lowest BCUT2D eigenvalue weighted by Crippen LogP contribution is -2.57. The highest BCUT2D eigenvalue weighted by molar-refractivity contribution is 6.90. The third-order valence-corrected chi connectivity index (χ3v) is 19.2. The lowest BCUT2D eigenvalue weighted by atomic mass is 9.44. The van der Waals surface area contributed by atoms with Gasteiger partial charge >= 0.3 is 6.85 Å². The summed E-state index contributed by atoms with van der Waals surface area (Å²) in [4.78, 5) is 5.21. The standard InChI is InChI=1S/C76H76BN3/c1-71(2,3)45-25-30-49(31-26-45)78(50-32-27-46(28-33-50)72(4,5)6)52-41-58-60-39-48(74(10,11)12)38-59-57-37-47(73(7,8)9)29-36-66(57)80(70(59)60)77-65-44-64-56(54-22-18-20-24-62(54)76(64,15)16)43-67(65)79(68(42-52)69(58)77)51-34-35-63-55(40-51)53-21-17-19-23-61(53)75(63,13)14/h17-44H,1-16H3. The quantitative estimate of drug-likeness (QED) is 0.163. The summed E-state index contributed by atoms with van der Waals surface area (Å²) in [5.41, 5.74) is 30.6. The second kappa shape index (κ2) is 16.5. The molecule has 0 amide bonds. The van der Waals surface area contributed by atoms with Crippen LogP contribution >= 0.6 is 0 Å². The molecule has 3 nitrogen and oxygen atoms in total. The summed E-state index contributed by atoms with van der Waals surface area (Å²) in [6.07, 6.45) is 0. The smallest absolute Gasteiger partial charge is 0.333 e. The van der Waals surface area contributed by atoms with Crippen molar-refractivity contribution >= 4 is 73.7 Å². The molecule has 0 N–H and O–H groups in total. The molecule has 1 aromatic heterocycles. The molecular weight excluding hydrogens is 966 g/mol. The molecule has 14 rings (SSSR count). The van der Waals surface area contributed by atoms with Gasteiger partial charge in [0.1, 0.15) is 0 Å². The van der Waals surface area contributed by atoms with E-state index in [2.05, 4.69) is 295 Å². The zero-order valence-corrected chi connectivity index (χ0v) is 50.1. The Bertz CT molecular complexity index is 4210. The Morgan fingerprint density at radius 2 is 0.887 bits per heavy atom. The van der Waals surface area contributed by atoms with E-state index in [-0.39, 0.29) is 39.3 Å². The molecular formula is C76H76BN3. The summed E-state index contributed by atoms with van der Waals surface area (Å²) in [7, 11) is 0. The fourth-order valence-electron chi connectivity index (χ4n) is 14.5. The van der Waals surface area contributed by atoms with Crippen LogP contribution in [0.5, 0.6) is 0 Å². The number of aromatic nitrogens is 1. The van der Waals surface area contributed by atoms with Gasteiger partial charge in [0.2, 0.25) is 0 Å². The van der Waals surface area contributed by atoms with E-state index in [9.17, 15) is 0 Å². The zero-order valence-electron chi connectivity index (χ0n) is 50.1. The van der Waals surface area contributed by atoms with Gasteiger partial charge in [-0.05, 0) is 184 Å². The van der Waals surface area contributed by atoms with Gasteiger partial charge in [-0.25, -0.2) is 0 Å². The number of hydrogen-bond acceptors (Lipinski definition) is 2. The molecule has 0 bridgehead atoms. The Morgan fingerprint density at radius 1 is 0.375 bits per heavy atom. The maximum absolute atomic E-state index is 2.78. The summed E-state index contributed by atoms with van der Waals surface area (Å²) in [5.74, 6) is 0. The normalized spacial score (nSPS) is 15.4. The van der Waals surface area contributed by atoms with Crippen molar-refractivity contribution < 1.29 is 0 Å². The highest BCUT2D eigenvalue weighted by Gasteiger charge is 2.47. The van der Waals surface area contributed by atoms with Crippen molar-refractivity contribution in [1.82, 2.24) is 4.48 Å². The molecule has 10 aromatic rings. The van der Waals surface area contributed by atoms with Gasteiger partial charge < -0.3 is 14.3 Å². The average Bonchev–Trinajstić information content (AvgIpc) is 1.84. The summed E-state index contributed by atoms with van der Waals surface area (Å²) in [5, 5.41) is 2.66. The van der Waals surface area contributed by atoms with Gasteiger partial charge in [-0.2, -0.15) is 0 Å². The zero-order chi connectivity index (χ0) is 56.1. The van der Waals surface area contributed by atoms with Gasteiger partial charge in [0, 0.05) is 72.3 Å². The number of fused-ring (bicyclic) bond motifs is 13. The highest BCUT2D eigenvalue weighted by atomic mass is 15.2. The first-order valence-electron chi connectivity index (χ1n) is 29.4. The molecule has 3 heterocycles. The fraction of sp³-hybridized carbons (Fsp3) is 0.289. The fourth-order valence-corrected chi connectivity index (χ4v) is 14.5. The summed E-state index contributed by atoms with van der Waals surface area (Å²) < 4.78 is 2.78. The summed E-state index contributed by atoms with van der Waals surface area (Å²) in [6, 6.07) is 67.3. The molecule has 0 unspecified atom stereocenters.